The van der Waals surface area contributed by atoms with Gasteiger partial charge in [0.2, 0.25) is 5.91 Å². The van der Waals surface area contributed by atoms with Crippen molar-refractivity contribution in [3.8, 4) is 11.5 Å². The lowest BCUT2D eigenvalue weighted by Gasteiger charge is -2.27. The quantitative estimate of drug-likeness (QED) is 0.627. The second kappa shape index (κ2) is 7.43. The van der Waals surface area contributed by atoms with E-state index in [1.165, 1.54) is 6.07 Å². The summed E-state index contributed by atoms with van der Waals surface area (Å²) in [6.45, 7) is 4.65. The molecular formula is C19H20N2O5. The summed E-state index contributed by atoms with van der Waals surface area (Å²) >= 11 is 0. The third-order valence-electron chi connectivity index (χ3n) is 4.26. The van der Waals surface area contributed by atoms with Crippen LogP contribution in [0.15, 0.2) is 36.4 Å². The maximum absolute atomic E-state index is 12.2. The van der Waals surface area contributed by atoms with Crippen LogP contribution < -0.4 is 14.8 Å². The van der Waals surface area contributed by atoms with Crippen molar-refractivity contribution in [2.24, 2.45) is 0 Å². The van der Waals surface area contributed by atoms with Gasteiger partial charge in [-0.25, -0.2) is 0 Å². The number of nitro benzene ring substituents is 1. The summed E-state index contributed by atoms with van der Waals surface area (Å²) in [5.41, 5.74) is 1.90. The zero-order valence-electron chi connectivity index (χ0n) is 14.7. The number of nitro groups is 1. The van der Waals surface area contributed by atoms with Crippen molar-refractivity contribution in [2.75, 3.05) is 18.5 Å². The maximum atomic E-state index is 12.2. The Kier molecular flexibility index (Phi) is 5.06. The molecule has 0 radical (unpaired) electrons. The van der Waals surface area contributed by atoms with E-state index in [0.717, 1.165) is 5.56 Å². The summed E-state index contributed by atoms with van der Waals surface area (Å²) in [5, 5.41) is 14.3. The molecule has 7 nitrogen and oxygen atoms in total. The highest BCUT2D eigenvalue weighted by Crippen LogP contribution is 2.45. The van der Waals surface area contributed by atoms with Crippen molar-refractivity contribution in [1.82, 2.24) is 0 Å². The summed E-state index contributed by atoms with van der Waals surface area (Å²) in [6.07, 6.45) is 0.136. The highest BCUT2D eigenvalue weighted by atomic mass is 16.6. The fraction of sp³-hybridized carbons (Fsp3) is 0.316. The second-order valence-electron chi connectivity index (χ2n) is 5.87. The Labute approximate surface area is 151 Å². The molecule has 26 heavy (non-hydrogen) atoms. The van der Waals surface area contributed by atoms with Crippen LogP contribution in [0.5, 0.6) is 11.5 Å². The molecule has 2 aromatic carbocycles. The number of fused-ring (bicyclic) bond motifs is 1. The lowest BCUT2D eigenvalue weighted by atomic mass is 9.83. The third-order valence-corrected chi connectivity index (χ3v) is 4.26. The van der Waals surface area contributed by atoms with Crippen molar-refractivity contribution in [1.29, 1.82) is 0 Å². The smallest absolute Gasteiger partial charge is 0.273 e. The minimum Gasteiger partial charge on any atom is -0.490 e. The molecule has 0 fully saturated rings. The Hall–Kier alpha value is -3.09. The minimum atomic E-state index is -0.421. The number of benzene rings is 2. The Morgan fingerprint density at radius 3 is 2.42 bits per heavy atom. The average Bonchev–Trinajstić information content (AvgIpc) is 2.62. The second-order valence-corrected chi connectivity index (χ2v) is 5.87. The van der Waals surface area contributed by atoms with Gasteiger partial charge in [-0.05, 0) is 25.5 Å². The highest BCUT2D eigenvalue weighted by molar-refractivity contribution is 5.96. The van der Waals surface area contributed by atoms with Crippen molar-refractivity contribution in [3.63, 3.8) is 0 Å². The van der Waals surface area contributed by atoms with Gasteiger partial charge in [0.25, 0.3) is 5.69 Å². The van der Waals surface area contributed by atoms with E-state index in [0.29, 0.717) is 36.0 Å². The van der Waals surface area contributed by atoms with E-state index >= 15 is 0 Å². The van der Waals surface area contributed by atoms with E-state index in [9.17, 15) is 14.9 Å². The normalized spacial score (nSPS) is 15.8. The Morgan fingerprint density at radius 2 is 1.77 bits per heavy atom. The van der Waals surface area contributed by atoms with Crippen LogP contribution in [0.2, 0.25) is 0 Å². The number of para-hydroxylation sites is 1. The van der Waals surface area contributed by atoms with Crippen LogP contribution >= 0.6 is 0 Å². The van der Waals surface area contributed by atoms with Crippen LogP contribution in [-0.4, -0.2) is 24.0 Å². The number of rotatable bonds is 6. The molecule has 1 aliphatic heterocycles. The number of hydrogen-bond donors (Lipinski definition) is 1. The number of anilines is 1. The Morgan fingerprint density at radius 1 is 1.12 bits per heavy atom. The lowest BCUT2D eigenvalue weighted by molar-refractivity contribution is -0.385. The Bertz CT molecular complexity index is 850. The molecule has 3 rings (SSSR count). The molecule has 1 atom stereocenters. The molecular weight excluding hydrogens is 336 g/mol. The number of carbonyl (C=O) groups excluding carboxylic acids is 1. The van der Waals surface area contributed by atoms with Crippen molar-refractivity contribution in [3.05, 3.63) is 57.6 Å². The number of nitrogens with zero attached hydrogens (tertiary/aromatic N) is 1. The van der Waals surface area contributed by atoms with Crippen LogP contribution in [0.3, 0.4) is 0 Å². The summed E-state index contributed by atoms with van der Waals surface area (Å²) in [5.74, 6) is 0.493. The van der Waals surface area contributed by atoms with Gasteiger partial charge in [-0.3, -0.25) is 14.9 Å². The fourth-order valence-corrected chi connectivity index (χ4v) is 3.23. The van der Waals surface area contributed by atoms with Gasteiger partial charge in [0.1, 0.15) is 0 Å². The van der Waals surface area contributed by atoms with Crippen LogP contribution in [0.4, 0.5) is 11.4 Å². The zero-order valence-corrected chi connectivity index (χ0v) is 14.7. The summed E-state index contributed by atoms with van der Waals surface area (Å²) in [7, 11) is 0. The number of ether oxygens (including phenoxy) is 2. The number of hydrogen-bond acceptors (Lipinski definition) is 5. The topological polar surface area (TPSA) is 90.7 Å². The van der Waals surface area contributed by atoms with E-state index in [1.807, 2.05) is 19.9 Å². The van der Waals surface area contributed by atoms with E-state index in [-0.39, 0.29) is 18.0 Å². The molecule has 0 saturated carbocycles. The van der Waals surface area contributed by atoms with Gasteiger partial charge in [-0.1, -0.05) is 18.2 Å². The van der Waals surface area contributed by atoms with Gasteiger partial charge >= 0.3 is 0 Å². The molecule has 0 aliphatic carbocycles. The molecule has 7 heteroatoms. The van der Waals surface area contributed by atoms with Crippen molar-refractivity contribution >= 4 is 17.3 Å². The van der Waals surface area contributed by atoms with E-state index in [2.05, 4.69) is 5.32 Å². The van der Waals surface area contributed by atoms with Gasteiger partial charge in [0.05, 0.1) is 18.1 Å². The Balaban J connectivity index is 2.16. The predicted octanol–water partition coefficient (Wildman–Crippen LogP) is 3.87. The summed E-state index contributed by atoms with van der Waals surface area (Å²) < 4.78 is 11.3. The lowest BCUT2D eigenvalue weighted by Crippen LogP contribution is -2.24. The summed E-state index contributed by atoms with van der Waals surface area (Å²) in [6, 6.07) is 10.1. The SMILES string of the molecule is CCOc1cc2c(cc1OCC)C(c1ccccc1[N+](=O)[O-])CC(=O)N2. The molecule has 2 aromatic rings. The van der Waals surface area contributed by atoms with Crippen molar-refractivity contribution in [2.45, 2.75) is 26.2 Å². The molecule has 0 saturated heterocycles. The standard InChI is InChI=1S/C19H20N2O5/c1-3-25-17-9-14-13(12-7-5-6-8-16(12)21(23)24)10-19(22)20-15(14)11-18(17)26-4-2/h5-9,11,13H,3-4,10H2,1-2H3,(H,20,22). The van der Waals surface area contributed by atoms with Crippen LogP contribution in [0.25, 0.3) is 0 Å². The molecule has 136 valence electrons. The maximum Gasteiger partial charge on any atom is 0.273 e. The van der Waals surface area contributed by atoms with Gasteiger partial charge in [0, 0.05) is 35.7 Å². The number of nitrogens with one attached hydrogen (secondary N) is 1. The monoisotopic (exact) mass is 356 g/mol. The molecule has 1 N–H and O–H groups in total. The first-order valence-electron chi connectivity index (χ1n) is 8.51. The number of carbonyl (C=O) groups is 1. The molecule has 1 amide bonds. The van der Waals surface area contributed by atoms with Crippen LogP contribution in [0, 0.1) is 10.1 Å². The van der Waals surface area contributed by atoms with Crippen LogP contribution in [0.1, 0.15) is 37.3 Å². The number of amides is 1. The van der Waals surface area contributed by atoms with Crippen molar-refractivity contribution < 1.29 is 19.2 Å². The third kappa shape index (κ3) is 3.33. The van der Waals surface area contributed by atoms with E-state index < -0.39 is 10.8 Å². The molecule has 0 bridgehead atoms. The highest BCUT2D eigenvalue weighted by Gasteiger charge is 2.32. The molecule has 1 aliphatic rings. The van der Waals surface area contributed by atoms with Gasteiger partial charge in [0.15, 0.2) is 11.5 Å². The fourth-order valence-electron chi connectivity index (χ4n) is 3.23. The van der Waals surface area contributed by atoms with Gasteiger partial charge < -0.3 is 14.8 Å². The molecule has 1 unspecified atom stereocenters. The summed E-state index contributed by atoms with van der Waals surface area (Å²) in [4.78, 5) is 23.2. The predicted molar refractivity (Wildman–Crippen MR) is 97.0 cm³/mol. The first-order chi connectivity index (χ1) is 12.5. The van der Waals surface area contributed by atoms with Crippen LogP contribution in [-0.2, 0) is 4.79 Å². The molecule has 0 spiro atoms. The molecule has 1 heterocycles. The first-order valence-corrected chi connectivity index (χ1v) is 8.51. The minimum absolute atomic E-state index is 0.00462. The zero-order chi connectivity index (χ0) is 18.7. The van der Waals surface area contributed by atoms with E-state index in [1.54, 1.807) is 24.3 Å². The molecule has 0 aromatic heterocycles. The first kappa shape index (κ1) is 17.7. The average molecular weight is 356 g/mol. The van der Waals surface area contributed by atoms with E-state index in [4.69, 9.17) is 9.47 Å². The van der Waals surface area contributed by atoms with Gasteiger partial charge in [-0.15, -0.1) is 0 Å². The van der Waals surface area contributed by atoms with Gasteiger partial charge in [-0.2, -0.15) is 0 Å². The largest absolute Gasteiger partial charge is 0.490 e.